The number of aliphatic hydroxyl groups excluding tert-OH is 1. The van der Waals surface area contributed by atoms with E-state index in [1.165, 1.54) is 19.2 Å². The molecule has 0 unspecified atom stereocenters. The van der Waals surface area contributed by atoms with Gasteiger partial charge in [0.25, 0.3) is 0 Å². The lowest BCUT2D eigenvalue weighted by Crippen LogP contribution is -1.88. The van der Waals surface area contributed by atoms with Gasteiger partial charge in [0.2, 0.25) is 0 Å². The number of ether oxygens (including phenoxy) is 1. The molecule has 12 heavy (non-hydrogen) atoms. The van der Waals surface area contributed by atoms with Crippen molar-refractivity contribution in [2.45, 2.75) is 6.61 Å². The third kappa shape index (κ3) is 1.62. The van der Waals surface area contributed by atoms with Gasteiger partial charge >= 0.3 is 0 Å². The fourth-order valence-electron chi connectivity index (χ4n) is 0.874. The summed E-state index contributed by atoms with van der Waals surface area (Å²) in [6, 6.07) is 3.01. The van der Waals surface area contributed by atoms with E-state index in [0.717, 1.165) is 0 Å². The monoisotopic (exact) mass is 188 g/mol. The van der Waals surface area contributed by atoms with Gasteiger partial charge in [0.05, 0.1) is 18.7 Å². The first-order valence-corrected chi connectivity index (χ1v) is 3.73. The van der Waals surface area contributed by atoms with E-state index < -0.39 is 0 Å². The Kier molecular flexibility index (Phi) is 2.78. The molecule has 0 fully saturated rings. The highest BCUT2D eigenvalue weighted by Crippen LogP contribution is 2.34. The lowest BCUT2D eigenvalue weighted by molar-refractivity contribution is 0.280. The van der Waals surface area contributed by atoms with Crippen molar-refractivity contribution in [3.63, 3.8) is 0 Å². The van der Waals surface area contributed by atoms with Crippen LogP contribution in [0.3, 0.4) is 0 Å². The van der Waals surface area contributed by atoms with Crippen molar-refractivity contribution in [3.8, 4) is 11.5 Å². The zero-order valence-corrected chi connectivity index (χ0v) is 7.30. The second-order valence-electron chi connectivity index (χ2n) is 2.29. The van der Waals surface area contributed by atoms with E-state index >= 15 is 0 Å². The topological polar surface area (TPSA) is 49.7 Å². The van der Waals surface area contributed by atoms with E-state index in [0.29, 0.717) is 5.56 Å². The molecule has 0 aromatic heterocycles. The molecule has 0 aliphatic rings. The molecule has 0 aliphatic heterocycles. The second-order valence-corrected chi connectivity index (χ2v) is 2.69. The largest absolute Gasteiger partial charge is 0.503 e. The summed E-state index contributed by atoms with van der Waals surface area (Å²) < 4.78 is 4.82. The van der Waals surface area contributed by atoms with Gasteiger partial charge in [0.1, 0.15) is 0 Å². The first kappa shape index (κ1) is 9.16. The molecule has 66 valence electrons. The molecule has 0 atom stereocenters. The Morgan fingerprint density at radius 2 is 2.17 bits per heavy atom. The third-order valence-corrected chi connectivity index (χ3v) is 1.78. The quantitative estimate of drug-likeness (QED) is 0.741. The van der Waals surface area contributed by atoms with Crippen LogP contribution in [0.25, 0.3) is 0 Å². The van der Waals surface area contributed by atoms with Gasteiger partial charge in [-0.25, -0.2) is 0 Å². The first-order chi connectivity index (χ1) is 5.69. The summed E-state index contributed by atoms with van der Waals surface area (Å²) in [5, 5.41) is 18.2. The number of hydrogen-bond acceptors (Lipinski definition) is 3. The fraction of sp³-hybridized carbons (Fsp3) is 0.250. The summed E-state index contributed by atoms with van der Waals surface area (Å²) in [5.74, 6) is 0.169. The summed E-state index contributed by atoms with van der Waals surface area (Å²) >= 11 is 5.64. The van der Waals surface area contributed by atoms with Crippen molar-refractivity contribution < 1.29 is 14.9 Å². The molecular formula is C8H9ClO3. The fourth-order valence-corrected chi connectivity index (χ4v) is 1.11. The van der Waals surface area contributed by atoms with Crippen LogP contribution in [-0.2, 0) is 6.61 Å². The van der Waals surface area contributed by atoms with Gasteiger partial charge < -0.3 is 14.9 Å². The minimum Gasteiger partial charge on any atom is -0.503 e. The van der Waals surface area contributed by atoms with Gasteiger partial charge in [-0.1, -0.05) is 11.6 Å². The first-order valence-electron chi connectivity index (χ1n) is 3.35. The van der Waals surface area contributed by atoms with Gasteiger partial charge in [-0.2, -0.15) is 0 Å². The van der Waals surface area contributed by atoms with Crippen LogP contribution in [0.4, 0.5) is 0 Å². The zero-order chi connectivity index (χ0) is 9.14. The molecular weight excluding hydrogens is 180 g/mol. The standard InChI is InChI=1S/C8H9ClO3/c1-12-7-3-5(4-10)2-6(9)8(7)11/h2-3,10-11H,4H2,1H3. The molecule has 1 aromatic carbocycles. The third-order valence-electron chi connectivity index (χ3n) is 1.49. The number of methoxy groups -OCH3 is 1. The molecule has 2 N–H and O–H groups in total. The number of halogens is 1. The maximum absolute atomic E-state index is 9.28. The van der Waals surface area contributed by atoms with Crippen LogP contribution in [0.15, 0.2) is 12.1 Å². The predicted molar refractivity (Wildman–Crippen MR) is 45.6 cm³/mol. The Morgan fingerprint density at radius 1 is 1.50 bits per heavy atom. The van der Waals surface area contributed by atoms with E-state index in [1.54, 1.807) is 0 Å². The highest BCUT2D eigenvalue weighted by Gasteiger charge is 2.07. The van der Waals surface area contributed by atoms with Crippen LogP contribution >= 0.6 is 11.6 Å². The Labute approximate surface area is 75.2 Å². The van der Waals surface area contributed by atoms with Gasteiger partial charge in [0, 0.05) is 0 Å². The van der Waals surface area contributed by atoms with E-state index in [-0.39, 0.29) is 23.1 Å². The zero-order valence-electron chi connectivity index (χ0n) is 6.54. The van der Waals surface area contributed by atoms with Crippen molar-refractivity contribution in [3.05, 3.63) is 22.7 Å². The van der Waals surface area contributed by atoms with Gasteiger partial charge in [-0.15, -0.1) is 0 Å². The van der Waals surface area contributed by atoms with Crippen LogP contribution < -0.4 is 4.74 Å². The lowest BCUT2D eigenvalue weighted by atomic mass is 10.2. The molecule has 3 nitrogen and oxygen atoms in total. The van der Waals surface area contributed by atoms with Crippen LogP contribution in [0.2, 0.25) is 5.02 Å². The normalized spacial score (nSPS) is 9.92. The highest BCUT2D eigenvalue weighted by molar-refractivity contribution is 6.32. The predicted octanol–water partition coefficient (Wildman–Crippen LogP) is 1.55. The Bertz CT molecular complexity index is 286. The Hall–Kier alpha value is -0.930. The van der Waals surface area contributed by atoms with Crippen molar-refractivity contribution in [1.29, 1.82) is 0 Å². The van der Waals surface area contributed by atoms with Gasteiger partial charge in [0.15, 0.2) is 11.5 Å². The molecule has 0 spiro atoms. The maximum Gasteiger partial charge on any atom is 0.176 e. The van der Waals surface area contributed by atoms with E-state index in [1.807, 2.05) is 0 Å². The van der Waals surface area contributed by atoms with Crippen LogP contribution in [0, 0.1) is 0 Å². The summed E-state index contributed by atoms with van der Waals surface area (Å²) in [5.41, 5.74) is 0.606. The van der Waals surface area contributed by atoms with E-state index in [2.05, 4.69) is 0 Å². The second kappa shape index (κ2) is 3.65. The summed E-state index contributed by atoms with van der Waals surface area (Å²) in [6.07, 6.45) is 0. The molecule has 0 saturated heterocycles. The molecule has 4 heteroatoms. The summed E-state index contributed by atoms with van der Waals surface area (Å²) in [4.78, 5) is 0. The van der Waals surface area contributed by atoms with E-state index in [4.69, 9.17) is 21.4 Å². The number of aliphatic hydroxyl groups is 1. The average molecular weight is 189 g/mol. The SMILES string of the molecule is COc1cc(CO)cc(Cl)c1O. The molecule has 0 heterocycles. The summed E-state index contributed by atoms with van der Waals surface area (Å²) in [6.45, 7) is -0.129. The van der Waals surface area contributed by atoms with Crippen molar-refractivity contribution in [2.75, 3.05) is 7.11 Å². The number of rotatable bonds is 2. The number of hydrogen-bond donors (Lipinski definition) is 2. The molecule has 0 amide bonds. The molecule has 1 aromatic rings. The van der Waals surface area contributed by atoms with Crippen molar-refractivity contribution in [1.82, 2.24) is 0 Å². The molecule has 0 bridgehead atoms. The average Bonchev–Trinajstić information content (AvgIpc) is 2.09. The van der Waals surface area contributed by atoms with E-state index in [9.17, 15) is 5.11 Å². The highest BCUT2D eigenvalue weighted by atomic mass is 35.5. The number of phenolic OH excluding ortho intramolecular Hbond substituents is 1. The minimum atomic E-state index is -0.129. The van der Waals surface area contributed by atoms with Crippen molar-refractivity contribution >= 4 is 11.6 Å². The minimum absolute atomic E-state index is 0.101. The van der Waals surface area contributed by atoms with Crippen LogP contribution in [-0.4, -0.2) is 17.3 Å². The number of benzene rings is 1. The summed E-state index contributed by atoms with van der Waals surface area (Å²) in [7, 11) is 1.42. The van der Waals surface area contributed by atoms with Gasteiger partial charge in [-0.05, 0) is 17.7 Å². The molecule has 0 radical (unpaired) electrons. The van der Waals surface area contributed by atoms with Crippen molar-refractivity contribution in [2.24, 2.45) is 0 Å². The molecule has 0 saturated carbocycles. The van der Waals surface area contributed by atoms with Crippen LogP contribution in [0.1, 0.15) is 5.56 Å². The number of phenols is 1. The van der Waals surface area contributed by atoms with Crippen LogP contribution in [0.5, 0.6) is 11.5 Å². The maximum atomic E-state index is 9.28. The molecule has 0 aliphatic carbocycles. The van der Waals surface area contributed by atoms with Gasteiger partial charge in [-0.3, -0.25) is 0 Å². The Morgan fingerprint density at radius 3 is 2.67 bits per heavy atom. The lowest BCUT2D eigenvalue weighted by Gasteiger charge is -2.06. The Balaban J connectivity index is 3.19. The molecule has 1 rings (SSSR count). The smallest absolute Gasteiger partial charge is 0.176 e. The number of aromatic hydroxyl groups is 1.